The van der Waals surface area contributed by atoms with E-state index in [0.717, 1.165) is 4.47 Å². The molecular weight excluding hydrogens is 206 g/mol. The van der Waals surface area contributed by atoms with E-state index in [1.807, 2.05) is 0 Å². The molecule has 0 fully saturated rings. The number of hydrogen-bond acceptors (Lipinski definition) is 2. The summed E-state index contributed by atoms with van der Waals surface area (Å²) in [6, 6.07) is 5.14. The quantitative estimate of drug-likeness (QED) is 0.374. The summed E-state index contributed by atoms with van der Waals surface area (Å²) in [6.07, 6.45) is 0. The molecule has 0 aromatic heterocycles. The van der Waals surface area contributed by atoms with Crippen molar-refractivity contribution in [1.29, 1.82) is 5.41 Å². The molecule has 0 saturated carbocycles. The average Bonchev–Trinajstić information content (AvgIpc) is 1.94. The van der Waals surface area contributed by atoms with Gasteiger partial charge in [0.1, 0.15) is 5.84 Å². The summed E-state index contributed by atoms with van der Waals surface area (Å²) < 4.78 is 0.769. The normalized spacial score (nSPS) is 9.55. The zero-order chi connectivity index (χ0) is 8.43. The highest BCUT2D eigenvalue weighted by Crippen LogP contribution is 2.19. The van der Waals surface area contributed by atoms with Crippen molar-refractivity contribution in [2.45, 2.75) is 0 Å². The molecule has 0 amide bonds. The molecule has 1 aromatic carbocycles. The molecule has 0 spiro atoms. The van der Waals surface area contributed by atoms with Crippen LogP contribution in [0.3, 0.4) is 0 Å². The van der Waals surface area contributed by atoms with Crippen molar-refractivity contribution in [1.82, 2.24) is 0 Å². The molecule has 0 aliphatic carbocycles. The number of nitrogens with two attached hydrogens (primary N) is 2. The van der Waals surface area contributed by atoms with Crippen LogP contribution in [0.25, 0.3) is 0 Å². The lowest BCUT2D eigenvalue weighted by Gasteiger charge is -2.00. The van der Waals surface area contributed by atoms with Crippen LogP contribution >= 0.6 is 15.9 Å². The van der Waals surface area contributed by atoms with Crippen molar-refractivity contribution >= 4 is 27.5 Å². The van der Waals surface area contributed by atoms with Crippen LogP contribution in [0, 0.1) is 5.41 Å². The maximum Gasteiger partial charge on any atom is 0.122 e. The molecular formula is C7H8BrN3. The highest BCUT2D eigenvalue weighted by atomic mass is 79.9. The summed E-state index contributed by atoms with van der Waals surface area (Å²) in [5.41, 5.74) is 12.1. The third-order valence-electron chi connectivity index (χ3n) is 1.31. The third kappa shape index (κ3) is 1.71. The molecule has 0 unspecified atom stereocenters. The number of anilines is 1. The lowest BCUT2D eigenvalue weighted by molar-refractivity contribution is 1.42. The number of amidine groups is 1. The van der Waals surface area contributed by atoms with Gasteiger partial charge in [0, 0.05) is 15.7 Å². The molecule has 0 saturated heterocycles. The van der Waals surface area contributed by atoms with Gasteiger partial charge in [0.15, 0.2) is 0 Å². The van der Waals surface area contributed by atoms with Crippen LogP contribution in [0.5, 0.6) is 0 Å². The van der Waals surface area contributed by atoms with Crippen LogP contribution in [0.2, 0.25) is 0 Å². The third-order valence-corrected chi connectivity index (χ3v) is 2.00. The Balaban J connectivity index is 3.15. The Morgan fingerprint density at radius 3 is 2.55 bits per heavy atom. The lowest BCUT2D eigenvalue weighted by Crippen LogP contribution is -2.10. The van der Waals surface area contributed by atoms with Crippen molar-refractivity contribution in [2.75, 3.05) is 5.73 Å². The molecule has 4 heteroatoms. The first-order valence-corrected chi connectivity index (χ1v) is 3.80. The number of nitrogen functional groups attached to an aromatic ring is 2. The van der Waals surface area contributed by atoms with Crippen LogP contribution in [0.1, 0.15) is 5.56 Å². The van der Waals surface area contributed by atoms with Crippen molar-refractivity contribution in [3.8, 4) is 0 Å². The maximum atomic E-state index is 7.12. The fourth-order valence-electron chi connectivity index (χ4n) is 0.695. The zero-order valence-electron chi connectivity index (χ0n) is 5.76. The summed E-state index contributed by atoms with van der Waals surface area (Å²) in [7, 11) is 0. The first-order chi connectivity index (χ1) is 5.11. The Bertz CT molecular complexity index is 296. The second-order valence-corrected chi connectivity index (χ2v) is 3.00. The monoisotopic (exact) mass is 213 g/mol. The van der Waals surface area contributed by atoms with Gasteiger partial charge in [0.2, 0.25) is 0 Å². The first kappa shape index (κ1) is 8.07. The molecule has 1 aromatic rings. The van der Waals surface area contributed by atoms with Gasteiger partial charge in [-0.25, -0.2) is 0 Å². The Morgan fingerprint density at radius 1 is 1.45 bits per heavy atom. The van der Waals surface area contributed by atoms with Crippen molar-refractivity contribution < 1.29 is 0 Å². The summed E-state index contributed by atoms with van der Waals surface area (Å²) in [5, 5.41) is 7.12. The van der Waals surface area contributed by atoms with E-state index in [2.05, 4.69) is 15.9 Å². The lowest BCUT2D eigenvalue weighted by atomic mass is 10.2. The molecule has 0 heterocycles. The highest BCUT2D eigenvalue weighted by Gasteiger charge is 1.98. The molecule has 5 N–H and O–H groups in total. The summed E-state index contributed by atoms with van der Waals surface area (Å²) in [5.74, 6) is 0.0469. The van der Waals surface area contributed by atoms with Crippen molar-refractivity contribution in [3.05, 3.63) is 28.2 Å². The van der Waals surface area contributed by atoms with E-state index in [-0.39, 0.29) is 5.84 Å². The highest BCUT2D eigenvalue weighted by molar-refractivity contribution is 9.10. The van der Waals surface area contributed by atoms with Crippen LogP contribution in [0.4, 0.5) is 5.69 Å². The largest absolute Gasteiger partial charge is 0.398 e. The Morgan fingerprint density at radius 2 is 2.09 bits per heavy atom. The Kier molecular flexibility index (Phi) is 2.14. The number of rotatable bonds is 1. The van der Waals surface area contributed by atoms with Gasteiger partial charge in [-0.05, 0) is 34.1 Å². The van der Waals surface area contributed by atoms with E-state index in [9.17, 15) is 0 Å². The van der Waals surface area contributed by atoms with Gasteiger partial charge in [0.05, 0.1) is 0 Å². The Labute approximate surface area is 73.0 Å². The zero-order valence-corrected chi connectivity index (χ0v) is 7.35. The molecule has 1 rings (SSSR count). The fraction of sp³-hybridized carbons (Fsp3) is 0. The molecule has 58 valence electrons. The van der Waals surface area contributed by atoms with E-state index in [1.165, 1.54) is 0 Å². The van der Waals surface area contributed by atoms with Crippen LogP contribution in [-0.2, 0) is 0 Å². The van der Waals surface area contributed by atoms with Crippen molar-refractivity contribution in [3.63, 3.8) is 0 Å². The summed E-state index contributed by atoms with van der Waals surface area (Å²) >= 11 is 3.24. The molecule has 0 bridgehead atoms. The number of hydrogen-bond donors (Lipinski definition) is 3. The predicted molar refractivity (Wildman–Crippen MR) is 49.6 cm³/mol. The SMILES string of the molecule is N=C(N)c1ccc(N)c(Br)c1. The van der Waals surface area contributed by atoms with Gasteiger partial charge < -0.3 is 11.5 Å². The minimum absolute atomic E-state index is 0.0469. The standard InChI is InChI=1S/C7H8BrN3/c8-5-3-4(7(10)11)1-2-6(5)9/h1-3H,9H2,(H3,10,11). The van der Waals surface area contributed by atoms with Crippen molar-refractivity contribution in [2.24, 2.45) is 5.73 Å². The number of nitrogens with one attached hydrogen (secondary N) is 1. The molecule has 0 radical (unpaired) electrons. The Hall–Kier alpha value is -1.03. The topological polar surface area (TPSA) is 75.9 Å². The minimum atomic E-state index is 0.0469. The molecule has 3 nitrogen and oxygen atoms in total. The van der Waals surface area contributed by atoms with Gasteiger partial charge in [-0.1, -0.05) is 0 Å². The van der Waals surface area contributed by atoms with E-state index >= 15 is 0 Å². The van der Waals surface area contributed by atoms with E-state index in [0.29, 0.717) is 11.3 Å². The summed E-state index contributed by atoms with van der Waals surface area (Å²) in [6.45, 7) is 0. The van der Waals surface area contributed by atoms with Crippen LogP contribution < -0.4 is 11.5 Å². The first-order valence-electron chi connectivity index (χ1n) is 3.00. The second-order valence-electron chi connectivity index (χ2n) is 2.15. The van der Waals surface area contributed by atoms with E-state index < -0.39 is 0 Å². The molecule has 11 heavy (non-hydrogen) atoms. The van der Waals surface area contributed by atoms with E-state index in [1.54, 1.807) is 18.2 Å². The smallest absolute Gasteiger partial charge is 0.122 e. The number of halogens is 1. The summed E-state index contributed by atoms with van der Waals surface area (Å²) in [4.78, 5) is 0. The van der Waals surface area contributed by atoms with E-state index in [4.69, 9.17) is 16.9 Å². The second kappa shape index (κ2) is 2.92. The van der Waals surface area contributed by atoms with Gasteiger partial charge in [0.25, 0.3) is 0 Å². The molecule has 0 aliphatic heterocycles. The fourth-order valence-corrected chi connectivity index (χ4v) is 1.07. The van der Waals surface area contributed by atoms with Crippen LogP contribution in [0.15, 0.2) is 22.7 Å². The number of benzene rings is 1. The minimum Gasteiger partial charge on any atom is -0.398 e. The average molecular weight is 214 g/mol. The molecule has 0 aliphatic rings. The van der Waals surface area contributed by atoms with Gasteiger partial charge >= 0.3 is 0 Å². The van der Waals surface area contributed by atoms with Gasteiger partial charge in [-0.15, -0.1) is 0 Å². The van der Waals surface area contributed by atoms with Gasteiger partial charge in [-0.2, -0.15) is 0 Å². The maximum absolute atomic E-state index is 7.12. The van der Waals surface area contributed by atoms with Crippen LogP contribution in [-0.4, -0.2) is 5.84 Å². The molecule has 0 atom stereocenters. The van der Waals surface area contributed by atoms with Gasteiger partial charge in [-0.3, -0.25) is 5.41 Å². The predicted octanol–water partition coefficient (Wildman–Crippen LogP) is 1.32.